The van der Waals surface area contributed by atoms with Gasteiger partial charge in [0.2, 0.25) is 0 Å². The van der Waals surface area contributed by atoms with Crippen LogP contribution in [0, 0.1) is 0 Å². The van der Waals surface area contributed by atoms with Gasteiger partial charge in [-0.3, -0.25) is 0 Å². The zero-order valence-electron chi connectivity index (χ0n) is 14.8. The molecule has 1 N–H and O–H groups in total. The molecule has 0 amide bonds. The number of carboxylic acids is 1. The second-order valence-electron chi connectivity index (χ2n) is 6.26. The molecule has 3 heteroatoms. The van der Waals surface area contributed by atoms with Crippen molar-refractivity contribution in [1.82, 2.24) is 0 Å². The van der Waals surface area contributed by atoms with E-state index in [9.17, 15) is 15.0 Å². The van der Waals surface area contributed by atoms with Gasteiger partial charge < -0.3 is 15.0 Å². The number of rotatable bonds is 16. The highest BCUT2D eigenvalue weighted by Gasteiger charge is 1.96. The maximum Gasteiger partial charge on any atom is 0.0723 e. The van der Waals surface area contributed by atoms with Crippen molar-refractivity contribution in [3.05, 3.63) is 24.3 Å². The quantitative estimate of drug-likeness (QED) is 0.340. The van der Waals surface area contributed by atoms with Gasteiger partial charge in [-0.15, -0.1) is 0 Å². The molecule has 0 aromatic rings. The maximum atomic E-state index is 10.2. The molecule has 0 heterocycles. The van der Waals surface area contributed by atoms with Crippen molar-refractivity contribution in [1.29, 1.82) is 0 Å². The summed E-state index contributed by atoms with van der Waals surface area (Å²) in [4.78, 5) is 10.2. The van der Waals surface area contributed by atoms with Gasteiger partial charge in [0.15, 0.2) is 0 Å². The van der Waals surface area contributed by atoms with E-state index >= 15 is 0 Å². The highest BCUT2D eigenvalue weighted by Crippen LogP contribution is 2.10. The Bertz CT molecular complexity index is 321. The third-order valence-electron chi connectivity index (χ3n) is 3.94. The van der Waals surface area contributed by atoms with Crippen LogP contribution in [-0.2, 0) is 4.79 Å². The monoisotopic (exact) mass is 323 g/mol. The number of aliphatic carboxylic acids is 1. The zero-order valence-corrected chi connectivity index (χ0v) is 14.8. The van der Waals surface area contributed by atoms with E-state index < -0.39 is 5.97 Å². The summed E-state index contributed by atoms with van der Waals surface area (Å²) in [5, 5.41) is 20.0. The van der Waals surface area contributed by atoms with E-state index in [4.69, 9.17) is 0 Å². The van der Waals surface area contributed by atoms with Crippen molar-refractivity contribution in [2.24, 2.45) is 0 Å². The van der Waals surface area contributed by atoms with Crippen LogP contribution in [0.2, 0.25) is 0 Å². The molecule has 0 unspecified atom stereocenters. The van der Waals surface area contributed by atoms with E-state index in [0.29, 0.717) is 0 Å². The number of aliphatic hydroxyl groups excluding tert-OH is 1. The van der Waals surface area contributed by atoms with Crippen molar-refractivity contribution in [2.45, 2.75) is 96.5 Å². The fourth-order valence-corrected chi connectivity index (χ4v) is 2.48. The first kappa shape index (κ1) is 21.9. The molecule has 3 nitrogen and oxygen atoms in total. The van der Waals surface area contributed by atoms with Gasteiger partial charge in [-0.05, 0) is 32.1 Å². The number of carboxylic acid groups (broad SMARTS) is 1. The number of aliphatic hydroxyl groups is 1. The van der Waals surface area contributed by atoms with Gasteiger partial charge in [0, 0.05) is 5.97 Å². The van der Waals surface area contributed by atoms with Gasteiger partial charge in [-0.2, -0.15) is 0 Å². The van der Waals surface area contributed by atoms with Crippen LogP contribution in [-0.4, -0.2) is 17.2 Å². The molecule has 0 aliphatic rings. The molecule has 0 saturated carbocycles. The highest BCUT2D eigenvalue weighted by molar-refractivity contribution is 5.63. The number of allylic oxidation sites excluding steroid dienone is 3. The Kier molecular flexibility index (Phi) is 16.4. The lowest BCUT2D eigenvalue weighted by Crippen LogP contribution is -2.21. The fraction of sp³-hybridized carbons (Fsp3) is 0.750. The molecule has 0 spiro atoms. The van der Waals surface area contributed by atoms with Crippen LogP contribution < -0.4 is 5.11 Å². The molecule has 134 valence electrons. The number of carbonyl (C=O) groups is 1. The standard InChI is InChI=1S/C20H36O3/c1-2-3-13-16-19(21)17-14-11-9-7-5-4-6-8-10-12-15-18-20(22)23/h9,11,14,17,19,21H,2-8,10,12-13,15-16,18H2,1H3,(H,22,23)/p-1/b11-9-,17-14+/t19-/m0/s1. The topological polar surface area (TPSA) is 60.4 Å². The Morgan fingerprint density at radius 2 is 1.61 bits per heavy atom. The minimum absolute atomic E-state index is 0.200. The lowest BCUT2D eigenvalue weighted by Gasteiger charge is -2.03. The first-order valence-electron chi connectivity index (χ1n) is 9.38. The number of carbonyl (C=O) groups excluding carboxylic acids is 1. The molecule has 0 bridgehead atoms. The van der Waals surface area contributed by atoms with Crippen molar-refractivity contribution >= 4 is 5.97 Å². The number of hydrogen-bond acceptors (Lipinski definition) is 3. The average Bonchev–Trinajstić information content (AvgIpc) is 2.51. The van der Waals surface area contributed by atoms with Crippen LogP contribution in [0.25, 0.3) is 0 Å². The third-order valence-corrected chi connectivity index (χ3v) is 3.94. The summed E-state index contributed by atoms with van der Waals surface area (Å²) in [7, 11) is 0. The molecule has 0 aliphatic carbocycles. The lowest BCUT2D eigenvalue weighted by molar-refractivity contribution is -0.305. The van der Waals surface area contributed by atoms with Crippen molar-refractivity contribution in [2.75, 3.05) is 0 Å². The van der Waals surface area contributed by atoms with E-state index in [1.54, 1.807) is 0 Å². The van der Waals surface area contributed by atoms with E-state index in [-0.39, 0.29) is 12.5 Å². The van der Waals surface area contributed by atoms with Crippen molar-refractivity contribution in [3.63, 3.8) is 0 Å². The van der Waals surface area contributed by atoms with Crippen LogP contribution in [0.15, 0.2) is 24.3 Å². The summed E-state index contributed by atoms with van der Waals surface area (Å²) < 4.78 is 0. The molecule has 0 rings (SSSR count). The van der Waals surface area contributed by atoms with Crippen LogP contribution >= 0.6 is 0 Å². The van der Waals surface area contributed by atoms with Gasteiger partial charge in [0.05, 0.1) is 6.10 Å². The van der Waals surface area contributed by atoms with E-state index in [2.05, 4.69) is 13.0 Å². The largest absolute Gasteiger partial charge is 0.550 e. The summed E-state index contributed by atoms with van der Waals surface area (Å²) in [5.74, 6) is -0.931. The lowest BCUT2D eigenvalue weighted by atomic mass is 10.1. The third kappa shape index (κ3) is 18.9. The molecule has 0 aromatic carbocycles. The van der Waals surface area contributed by atoms with Crippen LogP contribution in [0.3, 0.4) is 0 Å². The molecule has 0 aliphatic heterocycles. The normalized spacial score (nSPS) is 13.1. The fourth-order valence-electron chi connectivity index (χ4n) is 2.48. The Morgan fingerprint density at radius 1 is 0.957 bits per heavy atom. The molecule has 0 fully saturated rings. The van der Waals surface area contributed by atoms with Crippen LogP contribution in [0.5, 0.6) is 0 Å². The molecule has 0 radical (unpaired) electrons. The molecule has 1 atom stereocenters. The smallest absolute Gasteiger partial charge is 0.0723 e. The summed E-state index contributed by atoms with van der Waals surface area (Å²) >= 11 is 0. The van der Waals surface area contributed by atoms with E-state index in [1.807, 2.05) is 18.2 Å². The predicted molar refractivity (Wildman–Crippen MR) is 95.0 cm³/mol. The number of hydrogen-bond donors (Lipinski definition) is 1. The van der Waals surface area contributed by atoms with E-state index in [0.717, 1.165) is 38.5 Å². The van der Waals surface area contributed by atoms with Gasteiger partial charge in [-0.25, -0.2) is 0 Å². The van der Waals surface area contributed by atoms with Gasteiger partial charge in [0.1, 0.15) is 0 Å². The van der Waals surface area contributed by atoms with Crippen LogP contribution in [0.4, 0.5) is 0 Å². The molecular formula is C20H35O3-. The SMILES string of the molecule is CCCCC[C@H](O)/C=C/C=C\CCCCCCCCCC(=O)[O-]. The van der Waals surface area contributed by atoms with Crippen molar-refractivity contribution < 1.29 is 15.0 Å². The highest BCUT2D eigenvalue weighted by atomic mass is 16.4. The summed E-state index contributed by atoms with van der Waals surface area (Å²) in [6, 6.07) is 0. The first-order chi connectivity index (χ1) is 11.2. The first-order valence-corrected chi connectivity index (χ1v) is 9.38. The molecular weight excluding hydrogens is 288 g/mol. The Hall–Kier alpha value is -1.09. The van der Waals surface area contributed by atoms with Gasteiger partial charge in [0.25, 0.3) is 0 Å². The maximum absolute atomic E-state index is 10.2. The number of unbranched alkanes of at least 4 members (excludes halogenated alkanes) is 9. The van der Waals surface area contributed by atoms with E-state index in [1.165, 1.54) is 38.5 Å². The summed E-state index contributed by atoms with van der Waals surface area (Å²) in [6.45, 7) is 2.17. The average molecular weight is 323 g/mol. The zero-order chi connectivity index (χ0) is 17.2. The summed E-state index contributed by atoms with van der Waals surface area (Å²) in [6.07, 6.45) is 21.1. The summed E-state index contributed by atoms with van der Waals surface area (Å²) in [5.41, 5.74) is 0. The second-order valence-corrected chi connectivity index (χ2v) is 6.26. The van der Waals surface area contributed by atoms with Gasteiger partial charge >= 0.3 is 0 Å². The molecule has 0 aromatic heterocycles. The Balaban J connectivity index is 3.32. The molecule has 0 saturated heterocycles. The molecule has 23 heavy (non-hydrogen) atoms. The van der Waals surface area contributed by atoms with Crippen LogP contribution in [0.1, 0.15) is 90.4 Å². The Morgan fingerprint density at radius 3 is 2.26 bits per heavy atom. The van der Waals surface area contributed by atoms with Crippen molar-refractivity contribution in [3.8, 4) is 0 Å². The minimum Gasteiger partial charge on any atom is -0.550 e. The minimum atomic E-state index is -0.931. The Labute approximate surface area is 142 Å². The predicted octanol–water partition coefficient (Wildman–Crippen LogP) is 4.30. The second kappa shape index (κ2) is 17.3. The van der Waals surface area contributed by atoms with Gasteiger partial charge in [-0.1, -0.05) is 82.6 Å².